The molecule has 0 radical (unpaired) electrons. The molecule has 0 aromatic rings. The van der Waals surface area contributed by atoms with Gasteiger partial charge in [-0.2, -0.15) is 0 Å². The molecule has 1 N–H and O–H groups in total. The number of nitrogens with zero attached hydrogens (tertiary/aromatic N) is 1. The van der Waals surface area contributed by atoms with Crippen molar-refractivity contribution in [1.82, 2.24) is 0 Å². The number of carbonyl (C=O) groups is 2. The van der Waals surface area contributed by atoms with E-state index in [1.54, 1.807) is 0 Å². The minimum absolute atomic E-state index is 0.0291. The lowest BCUT2D eigenvalue weighted by Gasteiger charge is -2.24. The fourth-order valence-corrected chi connectivity index (χ4v) is 9.44. The second-order valence-corrected chi connectivity index (χ2v) is 23.5. The first-order valence-corrected chi connectivity index (χ1v) is 32.5. The molecule has 0 aliphatic carbocycles. The van der Waals surface area contributed by atoms with Gasteiger partial charge < -0.3 is 18.9 Å². The van der Waals surface area contributed by atoms with Crippen LogP contribution in [0.3, 0.4) is 0 Å². The Morgan fingerprint density at radius 1 is 0.419 bits per heavy atom. The van der Waals surface area contributed by atoms with Crippen molar-refractivity contribution < 1.29 is 42.1 Å². The number of esters is 2. The van der Waals surface area contributed by atoms with Crippen LogP contribution in [0.15, 0.2) is 60.8 Å². The Morgan fingerprint density at radius 3 is 1.08 bits per heavy atom. The van der Waals surface area contributed by atoms with Crippen molar-refractivity contribution in [3.05, 3.63) is 60.8 Å². The lowest BCUT2D eigenvalue weighted by Crippen LogP contribution is -2.37. The number of hydrogen-bond donors (Lipinski definition) is 1. The molecule has 74 heavy (non-hydrogen) atoms. The molecule has 2 atom stereocenters. The number of likely N-dealkylation sites (N-methyl/N-ethyl adjacent to an activating group) is 1. The predicted molar refractivity (Wildman–Crippen MR) is 316 cm³/mol. The van der Waals surface area contributed by atoms with Crippen molar-refractivity contribution in [2.45, 2.75) is 290 Å². The largest absolute Gasteiger partial charge is 0.472 e. The van der Waals surface area contributed by atoms with E-state index < -0.39 is 26.5 Å². The Morgan fingerprint density at radius 2 is 0.730 bits per heavy atom. The van der Waals surface area contributed by atoms with Crippen LogP contribution in [-0.2, 0) is 32.7 Å². The Kier molecular flexibility index (Phi) is 53.7. The molecular weight excluding hydrogens is 942 g/mol. The monoisotopic (exact) mass is 1060 g/mol. The van der Waals surface area contributed by atoms with Crippen LogP contribution in [0.2, 0.25) is 0 Å². The number of rotatable bonds is 57. The fourth-order valence-electron chi connectivity index (χ4n) is 8.70. The van der Waals surface area contributed by atoms with E-state index >= 15 is 0 Å². The van der Waals surface area contributed by atoms with Gasteiger partial charge in [0, 0.05) is 12.8 Å². The molecule has 0 aliphatic rings. The van der Waals surface area contributed by atoms with Gasteiger partial charge in [-0.15, -0.1) is 0 Å². The molecule has 432 valence electrons. The van der Waals surface area contributed by atoms with Gasteiger partial charge in [-0.3, -0.25) is 18.6 Å². The van der Waals surface area contributed by atoms with Gasteiger partial charge in [0.25, 0.3) is 0 Å². The molecule has 9 nitrogen and oxygen atoms in total. The zero-order valence-corrected chi connectivity index (χ0v) is 50.0. The fraction of sp³-hybridized carbons (Fsp3) is 0.812. The van der Waals surface area contributed by atoms with Crippen molar-refractivity contribution in [1.29, 1.82) is 0 Å². The SMILES string of the molecule is CCCCCCC/C=C\C/C=C\C/C=C\CCCCCCCCCCC(=O)OC(COC(=O)CCCCCCCCCCCCCCCCC/C=C\C/C=C\CCCCCCC)COP(=O)(O)OCC[N+](C)(C)C. The van der Waals surface area contributed by atoms with Crippen LogP contribution in [-0.4, -0.2) is 74.9 Å². The average Bonchev–Trinajstić information content (AvgIpc) is 3.36. The molecule has 0 saturated carbocycles. The summed E-state index contributed by atoms with van der Waals surface area (Å²) in [5, 5.41) is 0. The summed E-state index contributed by atoms with van der Waals surface area (Å²) in [5.74, 6) is -0.798. The van der Waals surface area contributed by atoms with Crippen molar-refractivity contribution in [2.24, 2.45) is 0 Å². The van der Waals surface area contributed by atoms with Crippen molar-refractivity contribution in [3.63, 3.8) is 0 Å². The molecule has 0 bridgehead atoms. The van der Waals surface area contributed by atoms with Gasteiger partial charge in [0.1, 0.15) is 19.8 Å². The maximum Gasteiger partial charge on any atom is 0.472 e. The molecule has 0 spiro atoms. The number of hydrogen-bond acceptors (Lipinski definition) is 7. The number of phosphoric ester groups is 1. The average molecular weight is 1060 g/mol. The smallest absolute Gasteiger partial charge is 0.462 e. The maximum atomic E-state index is 12.8. The molecule has 0 aliphatic heterocycles. The van der Waals surface area contributed by atoms with E-state index in [9.17, 15) is 19.0 Å². The summed E-state index contributed by atoms with van der Waals surface area (Å²) in [6.07, 6.45) is 71.5. The Bertz CT molecular complexity index is 1430. The maximum absolute atomic E-state index is 12.8. The molecule has 0 rings (SSSR count). The van der Waals surface area contributed by atoms with Gasteiger partial charge in [0.15, 0.2) is 6.10 Å². The molecule has 10 heteroatoms. The standard InChI is InChI=1S/C64H118NO8P/c1-6-8-10-12-14-16-18-20-22-24-26-28-30-31-32-33-35-36-38-40-42-44-46-48-50-52-54-56-63(66)70-60-62(61-72-74(68,69)71-59-58-65(3,4)5)73-64(67)57-55-53-51-49-47-45-43-41-39-37-34-29-27-25-23-21-19-17-15-13-11-9-7-2/h18-21,24-27,34,37,62H,6-17,22-23,28-33,35-36,38-61H2,1-5H3/p+1/b20-18-,21-19-,26-24-,27-25-,37-34-. The lowest BCUT2D eigenvalue weighted by atomic mass is 10.0. The van der Waals surface area contributed by atoms with E-state index in [0.717, 1.165) is 64.2 Å². The van der Waals surface area contributed by atoms with Gasteiger partial charge in [-0.1, -0.05) is 248 Å². The van der Waals surface area contributed by atoms with E-state index in [1.165, 1.54) is 186 Å². The minimum Gasteiger partial charge on any atom is -0.462 e. The number of unbranched alkanes of at least 4 members (excludes halogenated alkanes) is 33. The topological polar surface area (TPSA) is 108 Å². The molecule has 0 heterocycles. The molecule has 0 aromatic heterocycles. The Balaban J connectivity index is 4.13. The van der Waals surface area contributed by atoms with Crippen LogP contribution < -0.4 is 0 Å². The molecule has 0 saturated heterocycles. The van der Waals surface area contributed by atoms with Crippen molar-refractivity contribution >= 4 is 19.8 Å². The van der Waals surface area contributed by atoms with Gasteiger partial charge in [0.2, 0.25) is 0 Å². The van der Waals surface area contributed by atoms with Gasteiger partial charge in [-0.25, -0.2) is 4.57 Å². The molecule has 0 amide bonds. The van der Waals surface area contributed by atoms with Crippen LogP contribution in [0.1, 0.15) is 284 Å². The molecule has 0 fully saturated rings. The Labute approximate surface area is 457 Å². The van der Waals surface area contributed by atoms with Crippen LogP contribution >= 0.6 is 7.82 Å². The number of carbonyl (C=O) groups excluding carboxylic acids is 2. The van der Waals surface area contributed by atoms with Crippen LogP contribution in [0.5, 0.6) is 0 Å². The number of phosphoric acid groups is 1. The highest BCUT2D eigenvalue weighted by Gasteiger charge is 2.27. The first-order chi connectivity index (χ1) is 36.0. The predicted octanol–water partition coefficient (Wildman–Crippen LogP) is 19.5. The first-order valence-electron chi connectivity index (χ1n) is 31.0. The van der Waals surface area contributed by atoms with Gasteiger partial charge in [-0.05, 0) is 83.5 Å². The minimum atomic E-state index is -4.39. The second-order valence-electron chi connectivity index (χ2n) is 22.1. The van der Waals surface area contributed by atoms with E-state index in [4.69, 9.17) is 18.5 Å². The summed E-state index contributed by atoms with van der Waals surface area (Å²) in [5.41, 5.74) is 0. The summed E-state index contributed by atoms with van der Waals surface area (Å²) >= 11 is 0. The summed E-state index contributed by atoms with van der Waals surface area (Å²) in [6.45, 7) is 4.43. The quantitative estimate of drug-likeness (QED) is 0.0211. The van der Waals surface area contributed by atoms with Crippen LogP contribution in [0.4, 0.5) is 0 Å². The summed E-state index contributed by atoms with van der Waals surface area (Å²) < 4.78 is 34.6. The summed E-state index contributed by atoms with van der Waals surface area (Å²) in [6, 6.07) is 0. The second kappa shape index (κ2) is 55.5. The third-order valence-electron chi connectivity index (χ3n) is 13.5. The number of quaternary nitrogens is 1. The van der Waals surface area contributed by atoms with Crippen LogP contribution in [0, 0.1) is 0 Å². The highest BCUT2D eigenvalue weighted by atomic mass is 31.2. The highest BCUT2D eigenvalue weighted by molar-refractivity contribution is 7.47. The number of ether oxygens (including phenoxy) is 2. The van der Waals surface area contributed by atoms with E-state index in [2.05, 4.69) is 74.6 Å². The zero-order chi connectivity index (χ0) is 54.2. The lowest BCUT2D eigenvalue weighted by molar-refractivity contribution is -0.870. The third kappa shape index (κ3) is 59.0. The van der Waals surface area contributed by atoms with E-state index in [1.807, 2.05) is 21.1 Å². The molecule has 2 unspecified atom stereocenters. The molecule has 0 aromatic carbocycles. The Hall–Kier alpha value is -2.29. The normalized spacial score (nSPS) is 13.6. The van der Waals surface area contributed by atoms with Gasteiger partial charge >= 0.3 is 19.8 Å². The van der Waals surface area contributed by atoms with Crippen molar-refractivity contribution in [2.75, 3.05) is 47.5 Å². The molecular formula is C64H119NO8P+. The van der Waals surface area contributed by atoms with E-state index in [-0.39, 0.29) is 32.0 Å². The summed E-state index contributed by atoms with van der Waals surface area (Å²) in [4.78, 5) is 35.8. The number of allylic oxidation sites excluding steroid dienone is 10. The highest BCUT2D eigenvalue weighted by Crippen LogP contribution is 2.43. The van der Waals surface area contributed by atoms with Gasteiger partial charge in [0.05, 0.1) is 27.7 Å². The van der Waals surface area contributed by atoms with Crippen LogP contribution in [0.25, 0.3) is 0 Å². The zero-order valence-electron chi connectivity index (χ0n) is 49.1. The third-order valence-corrected chi connectivity index (χ3v) is 14.5. The van der Waals surface area contributed by atoms with Crippen molar-refractivity contribution in [3.8, 4) is 0 Å². The summed E-state index contributed by atoms with van der Waals surface area (Å²) in [7, 11) is 1.47. The first kappa shape index (κ1) is 71.7. The van der Waals surface area contributed by atoms with E-state index in [0.29, 0.717) is 17.4 Å².